The molecule has 0 saturated heterocycles. The lowest BCUT2D eigenvalue weighted by atomic mass is 10.1. The molecule has 0 heterocycles. The van der Waals surface area contributed by atoms with E-state index in [1.807, 2.05) is 80.4 Å². The molecule has 162 valence electrons. The molecule has 0 aliphatic carbocycles. The van der Waals surface area contributed by atoms with Crippen molar-refractivity contribution in [2.45, 2.75) is 27.3 Å². The maximum Gasteiger partial charge on any atom is 0.253 e. The Hall–Kier alpha value is -3.02. The van der Waals surface area contributed by atoms with Crippen LogP contribution in [0.5, 0.6) is 5.75 Å². The Morgan fingerprint density at radius 3 is 2.27 bits per heavy atom. The van der Waals surface area contributed by atoms with Gasteiger partial charge in [0.05, 0.1) is 13.1 Å². The largest absolute Gasteiger partial charge is 0.492 e. The zero-order chi connectivity index (χ0) is 21.8. The van der Waals surface area contributed by atoms with E-state index in [1.54, 1.807) is 0 Å². The van der Waals surface area contributed by atoms with Crippen LogP contribution in [-0.4, -0.2) is 61.5 Å². The summed E-state index contributed by atoms with van der Waals surface area (Å²) in [7, 11) is 2.00. The fourth-order valence-electron chi connectivity index (χ4n) is 3.01. The summed E-state index contributed by atoms with van der Waals surface area (Å²) in [5, 5.41) is 3.32. The molecule has 0 bridgehead atoms. The molecule has 0 aromatic heterocycles. The first-order valence-electron chi connectivity index (χ1n) is 10.6. The lowest BCUT2D eigenvalue weighted by Crippen LogP contribution is -2.40. The fraction of sp³-hybridized carbons (Fsp3) is 0.417. The van der Waals surface area contributed by atoms with Crippen LogP contribution in [0, 0.1) is 0 Å². The Bertz CT molecular complexity index is 787. The second kappa shape index (κ2) is 12.5. The number of benzene rings is 2. The minimum Gasteiger partial charge on any atom is -0.492 e. The number of rotatable bonds is 10. The minimum atomic E-state index is 0.0709. The van der Waals surface area contributed by atoms with Crippen LogP contribution in [0.15, 0.2) is 59.6 Å². The first-order valence-corrected chi connectivity index (χ1v) is 10.6. The number of ether oxygens (including phenoxy) is 1. The van der Waals surface area contributed by atoms with Gasteiger partial charge in [-0.15, -0.1) is 0 Å². The Kier molecular flexibility index (Phi) is 9.71. The highest BCUT2D eigenvalue weighted by Crippen LogP contribution is 2.10. The van der Waals surface area contributed by atoms with Crippen LogP contribution < -0.4 is 10.1 Å². The van der Waals surface area contributed by atoms with Crippen molar-refractivity contribution in [3.63, 3.8) is 0 Å². The Morgan fingerprint density at radius 1 is 1.00 bits per heavy atom. The molecule has 2 aromatic rings. The number of carbonyl (C=O) groups is 1. The SMILES string of the molecule is CCNC(=NCc1ccc(C(=O)N(CC)CC)cc1)N(C)CCOc1ccccc1. The molecule has 6 nitrogen and oxygen atoms in total. The molecule has 0 aliphatic heterocycles. The van der Waals surface area contributed by atoms with Crippen molar-refractivity contribution in [3.8, 4) is 5.75 Å². The van der Waals surface area contributed by atoms with Crippen LogP contribution in [0.2, 0.25) is 0 Å². The topological polar surface area (TPSA) is 57.2 Å². The van der Waals surface area contributed by atoms with Gasteiger partial charge in [0.15, 0.2) is 5.96 Å². The number of guanidine groups is 1. The van der Waals surface area contributed by atoms with E-state index in [0.717, 1.165) is 30.4 Å². The monoisotopic (exact) mass is 410 g/mol. The molecule has 0 fully saturated rings. The van der Waals surface area contributed by atoms with E-state index in [0.29, 0.717) is 31.8 Å². The summed E-state index contributed by atoms with van der Waals surface area (Å²) >= 11 is 0. The maximum absolute atomic E-state index is 12.4. The molecule has 1 N–H and O–H groups in total. The summed E-state index contributed by atoms with van der Waals surface area (Å²) < 4.78 is 5.78. The van der Waals surface area contributed by atoms with Gasteiger partial charge in [-0.3, -0.25) is 4.79 Å². The number of nitrogens with one attached hydrogen (secondary N) is 1. The van der Waals surface area contributed by atoms with Gasteiger partial charge in [-0.25, -0.2) is 4.99 Å². The van der Waals surface area contributed by atoms with Gasteiger partial charge in [-0.2, -0.15) is 0 Å². The fourth-order valence-corrected chi connectivity index (χ4v) is 3.01. The second-order valence-electron chi connectivity index (χ2n) is 6.93. The van der Waals surface area contributed by atoms with Gasteiger partial charge in [0.2, 0.25) is 0 Å². The highest BCUT2D eigenvalue weighted by molar-refractivity contribution is 5.94. The highest BCUT2D eigenvalue weighted by Gasteiger charge is 2.12. The molecule has 0 atom stereocenters. The van der Waals surface area contributed by atoms with E-state index in [9.17, 15) is 4.79 Å². The summed E-state index contributed by atoms with van der Waals surface area (Å²) in [6.07, 6.45) is 0. The van der Waals surface area contributed by atoms with Crippen LogP contribution in [-0.2, 0) is 6.54 Å². The number of carbonyl (C=O) groups excluding carboxylic acids is 1. The summed E-state index contributed by atoms with van der Waals surface area (Å²) in [6.45, 7) is 10.1. The van der Waals surface area contributed by atoms with Gasteiger partial charge in [0, 0.05) is 32.2 Å². The van der Waals surface area contributed by atoms with E-state index in [4.69, 9.17) is 9.73 Å². The zero-order valence-corrected chi connectivity index (χ0v) is 18.6. The van der Waals surface area contributed by atoms with Crippen molar-refractivity contribution >= 4 is 11.9 Å². The van der Waals surface area contributed by atoms with Crippen LogP contribution in [0.4, 0.5) is 0 Å². The summed E-state index contributed by atoms with van der Waals surface area (Å²) in [5.74, 6) is 1.77. The molecule has 0 saturated carbocycles. The molecular formula is C24H34N4O2. The smallest absolute Gasteiger partial charge is 0.253 e. The summed E-state index contributed by atoms with van der Waals surface area (Å²) in [5.41, 5.74) is 1.78. The normalized spacial score (nSPS) is 11.1. The third kappa shape index (κ3) is 7.10. The molecule has 2 aromatic carbocycles. The highest BCUT2D eigenvalue weighted by atomic mass is 16.5. The average Bonchev–Trinajstić information content (AvgIpc) is 2.78. The van der Waals surface area contributed by atoms with Gasteiger partial charge >= 0.3 is 0 Å². The minimum absolute atomic E-state index is 0.0709. The van der Waals surface area contributed by atoms with Crippen molar-refractivity contribution < 1.29 is 9.53 Å². The van der Waals surface area contributed by atoms with Crippen molar-refractivity contribution in [2.24, 2.45) is 4.99 Å². The number of aliphatic imine (C=N–C) groups is 1. The molecule has 0 aliphatic rings. The molecular weight excluding hydrogens is 376 g/mol. The number of likely N-dealkylation sites (N-methyl/N-ethyl adjacent to an activating group) is 1. The summed E-state index contributed by atoms with van der Waals surface area (Å²) in [6, 6.07) is 17.5. The number of hydrogen-bond acceptors (Lipinski definition) is 3. The predicted molar refractivity (Wildman–Crippen MR) is 123 cm³/mol. The lowest BCUT2D eigenvalue weighted by Gasteiger charge is -2.22. The van der Waals surface area contributed by atoms with E-state index in [1.165, 1.54) is 0 Å². The molecule has 2 rings (SSSR count). The van der Waals surface area contributed by atoms with Crippen molar-refractivity contribution in [1.29, 1.82) is 0 Å². The zero-order valence-electron chi connectivity index (χ0n) is 18.6. The molecule has 0 spiro atoms. The third-order valence-corrected chi connectivity index (χ3v) is 4.80. The van der Waals surface area contributed by atoms with E-state index in [-0.39, 0.29) is 5.91 Å². The molecule has 0 radical (unpaired) electrons. The van der Waals surface area contributed by atoms with Crippen molar-refractivity contribution in [2.75, 3.05) is 39.8 Å². The van der Waals surface area contributed by atoms with E-state index in [2.05, 4.69) is 17.1 Å². The predicted octanol–water partition coefficient (Wildman–Crippen LogP) is 3.64. The quantitative estimate of drug-likeness (QED) is 0.480. The molecule has 30 heavy (non-hydrogen) atoms. The third-order valence-electron chi connectivity index (χ3n) is 4.80. The first kappa shape index (κ1) is 23.3. The van der Waals surface area contributed by atoms with Crippen LogP contribution in [0.1, 0.15) is 36.7 Å². The van der Waals surface area contributed by atoms with Crippen LogP contribution in [0.3, 0.4) is 0 Å². The van der Waals surface area contributed by atoms with E-state index < -0.39 is 0 Å². The maximum atomic E-state index is 12.4. The van der Waals surface area contributed by atoms with Gasteiger partial charge in [-0.1, -0.05) is 30.3 Å². The lowest BCUT2D eigenvalue weighted by molar-refractivity contribution is 0.0773. The van der Waals surface area contributed by atoms with Gasteiger partial charge in [0.1, 0.15) is 12.4 Å². The van der Waals surface area contributed by atoms with Crippen LogP contribution in [0.25, 0.3) is 0 Å². The number of hydrogen-bond donors (Lipinski definition) is 1. The van der Waals surface area contributed by atoms with Gasteiger partial charge < -0.3 is 19.9 Å². The number of para-hydroxylation sites is 1. The number of amides is 1. The Labute approximate surface area is 180 Å². The summed E-state index contributed by atoms with van der Waals surface area (Å²) in [4.78, 5) is 21.0. The standard InChI is InChI=1S/C24H34N4O2/c1-5-25-24(27(4)17-18-30-22-11-9-8-10-12-22)26-19-20-13-15-21(16-14-20)23(29)28(6-2)7-3/h8-16H,5-7,17-19H2,1-4H3,(H,25,26). The molecule has 1 amide bonds. The van der Waals surface area contributed by atoms with E-state index >= 15 is 0 Å². The average molecular weight is 411 g/mol. The Balaban J connectivity index is 1.93. The van der Waals surface area contributed by atoms with Crippen LogP contribution >= 0.6 is 0 Å². The van der Waals surface area contributed by atoms with Crippen molar-refractivity contribution in [1.82, 2.24) is 15.1 Å². The molecule has 6 heteroatoms. The van der Waals surface area contributed by atoms with Crippen molar-refractivity contribution in [3.05, 3.63) is 65.7 Å². The van der Waals surface area contributed by atoms with Gasteiger partial charge in [0.25, 0.3) is 5.91 Å². The van der Waals surface area contributed by atoms with Gasteiger partial charge in [-0.05, 0) is 50.6 Å². The first-order chi connectivity index (χ1) is 14.6. The Morgan fingerprint density at radius 2 is 1.67 bits per heavy atom. The second-order valence-corrected chi connectivity index (χ2v) is 6.93. The number of nitrogens with zero attached hydrogens (tertiary/aromatic N) is 3. The molecule has 0 unspecified atom stereocenters.